The maximum Gasteiger partial charge on any atom is 0.254 e. The van der Waals surface area contributed by atoms with Gasteiger partial charge in [-0.25, -0.2) is 0 Å². The van der Waals surface area contributed by atoms with E-state index in [-0.39, 0.29) is 23.8 Å². The fraction of sp³-hybridized carbons (Fsp3) is 0.417. The van der Waals surface area contributed by atoms with Crippen molar-refractivity contribution in [2.75, 3.05) is 25.1 Å². The van der Waals surface area contributed by atoms with Gasteiger partial charge in [-0.1, -0.05) is 36.4 Å². The highest BCUT2D eigenvalue weighted by molar-refractivity contribution is 5.97. The first-order valence-corrected chi connectivity index (χ1v) is 10.5. The summed E-state index contributed by atoms with van der Waals surface area (Å²) in [6.45, 7) is 3.71. The van der Waals surface area contributed by atoms with Crippen LogP contribution < -0.4 is 5.32 Å². The van der Waals surface area contributed by atoms with Crippen molar-refractivity contribution in [3.8, 4) is 0 Å². The van der Waals surface area contributed by atoms with Gasteiger partial charge >= 0.3 is 0 Å². The second-order valence-corrected chi connectivity index (χ2v) is 8.11. The summed E-state index contributed by atoms with van der Waals surface area (Å²) in [6, 6.07) is 17.6. The number of morpholine rings is 1. The van der Waals surface area contributed by atoms with Crippen molar-refractivity contribution >= 4 is 17.5 Å². The lowest BCUT2D eigenvalue weighted by molar-refractivity contribution is -0.116. The number of nitrogens with one attached hydrogen (secondary N) is 1. The molecule has 0 aromatic heterocycles. The van der Waals surface area contributed by atoms with E-state index in [0.29, 0.717) is 43.3 Å². The van der Waals surface area contributed by atoms with Gasteiger partial charge in [-0.15, -0.1) is 0 Å². The molecule has 2 aromatic carbocycles. The molecule has 152 valence electrons. The molecule has 2 aromatic rings. The number of anilines is 1. The van der Waals surface area contributed by atoms with Crippen LogP contribution in [0.25, 0.3) is 0 Å². The molecule has 4 rings (SSSR count). The lowest BCUT2D eigenvalue weighted by Gasteiger charge is -2.33. The van der Waals surface area contributed by atoms with Crippen molar-refractivity contribution in [2.24, 2.45) is 5.92 Å². The van der Waals surface area contributed by atoms with Crippen LogP contribution in [0.5, 0.6) is 0 Å². The highest BCUT2D eigenvalue weighted by Crippen LogP contribution is 2.44. The van der Waals surface area contributed by atoms with Crippen molar-refractivity contribution in [1.29, 1.82) is 0 Å². The van der Waals surface area contributed by atoms with Crippen LogP contribution in [0.1, 0.15) is 48.0 Å². The summed E-state index contributed by atoms with van der Waals surface area (Å²) in [5, 5.41) is 3.00. The zero-order valence-electron chi connectivity index (χ0n) is 16.8. The first kappa shape index (κ1) is 19.6. The Morgan fingerprint density at radius 3 is 2.66 bits per heavy atom. The number of carbonyl (C=O) groups excluding carboxylic acids is 2. The molecule has 1 saturated heterocycles. The standard InChI is InChI=1S/C24H28N2O3/c1-17-16-29-13-12-26(17)24(28)20-8-5-9-21(14-20)25-23(27)15-22(19-10-11-19)18-6-3-2-4-7-18/h2-9,14,17,19,22H,10-13,15-16H2,1H3,(H,25,27). The van der Waals surface area contributed by atoms with Gasteiger partial charge in [0.05, 0.1) is 19.3 Å². The quantitative estimate of drug-likeness (QED) is 0.806. The molecule has 1 aliphatic heterocycles. The molecule has 2 amide bonds. The molecule has 1 N–H and O–H groups in total. The molecule has 0 radical (unpaired) electrons. The van der Waals surface area contributed by atoms with Crippen molar-refractivity contribution < 1.29 is 14.3 Å². The van der Waals surface area contributed by atoms with Crippen molar-refractivity contribution in [1.82, 2.24) is 4.90 Å². The Morgan fingerprint density at radius 1 is 1.14 bits per heavy atom. The van der Waals surface area contributed by atoms with E-state index in [4.69, 9.17) is 4.74 Å². The molecule has 0 bridgehead atoms. The van der Waals surface area contributed by atoms with Gasteiger partial charge in [-0.2, -0.15) is 0 Å². The van der Waals surface area contributed by atoms with Gasteiger partial charge in [0.15, 0.2) is 0 Å². The van der Waals surface area contributed by atoms with Gasteiger partial charge in [0.25, 0.3) is 5.91 Å². The molecule has 29 heavy (non-hydrogen) atoms. The second-order valence-electron chi connectivity index (χ2n) is 8.11. The lowest BCUT2D eigenvalue weighted by atomic mass is 9.91. The molecule has 2 unspecified atom stereocenters. The minimum atomic E-state index is -0.0166. The summed E-state index contributed by atoms with van der Waals surface area (Å²) in [6.07, 6.45) is 2.84. The molecule has 5 nitrogen and oxygen atoms in total. The van der Waals surface area contributed by atoms with Crippen LogP contribution in [0.3, 0.4) is 0 Å². The van der Waals surface area contributed by atoms with Crippen LogP contribution in [-0.2, 0) is 9.53 Å². The monoisotopic (exact) mass is 392 g/mol. The smallest absolute Gasteiger partial charge is 0.254 e. The third-order valence-corrected chi connectivity index (χ3v) is 5.85. The van der Waals surface area contributed by atoms with Gasteiger partial charge in [0, 0.05) is 24.2 Å². The van der Waals surface area contributed by atoms with E-state index in [0.717, 1.165) is 0 Å². The minimum absolute atomic E-state index is 0.00454. The normalized spacial score (nSPS) is 20.2. The predicted octanol–water partition coefficient (Wildman–Crippen LogP) is 4.07. The summed E-state index contributed by atoms with van der Waals surface area (Å²) >= 11 is 0. The Hall–Kier alpha value is -2.66. The van der Waals surface area contributed by atoms with E-state index in [1.54, 1.807) is 12.1 Å². The van der Waals surface area contributed by atoms with Crippen LogP contribution in [0.2, 0.25) is 0 Å². The van der Waals surface area contributed by atoms with Crippen LogP contribution in [0.15, 0.2) is 54.6 Å². The molecule has 1 heterocycles. The van der Waals surface area contributed by atoms with Crippen LogP contribution in [0.4, 0.5) is 5.69 Å². The van der Waals surface area contributed by atoms with Crippen molar-refractivity contribution in [3.05, 3.63) is 65.7 Å². The highest BCUT2D eigenvalue weighted by Gasteiger charge is 2.33. The zero-order valence-corrected chi connectivity index (χ0v) is 16.8. The Morgan fingerprint density at radius 2 is 1.93 bits per heavy atom. The second kappa shape index (κ2) is 8.78. The number of rotatable bonds is 6. The van der Waals surface area contributed by atoms with Gasteiger partial charge in [-0.05, 0) is 55.4 Å². The average molecular weight is 392 g/mol. The molecule has 2 fully saturated rings. The molecule has 0 spiro atoms. The Labute approximate surface area is 172 Å². The van der Waals surface area contributed by atoms with Crippen molar-refractivity contribution in [2.45, 2.75) is 38.1 Å². The summed E-state index contributed by atoms with van der Waals surface area (Å²) in [4.78, 5) is 27.4. The summed E-state index contributed by atoms with van der Waals surface area (Å²) in [7, 11) is 0. The van der Waals surface area contributed by atoms with Crippen LogP contribution >= 0.6 is 0 Å². The summed E-state index contributed by atoms with van der Waals surface area (Å²) in [5.74, 6) is 0.834. The SMILES string of the molecule is CC1COCCN1C(=O)c1cccc(NC(=O)CC(c2ccccc2)C2CC2)c1. The van der Waals surface area contributed by atoms with E-state index in [1.165, 1.54) is 18.4 Å². The maximum atomic E-state index is 12.9. The lowest BCUT2D eigenvalue weighted by Crippen LogP contribution is -2.47. The Kier molecular flexibility index (Phi) is 5.95. The Bertz CT molecular complexity index is 863. The maximum absolute atomic E-state index is 12.9. The largest absolute Gasteiger partial charge is 0.377 e. The van der Waals surface area contributed by atoms with Gasteiger partial charge in [0.1, 0.15) is 0 Å². The van der Waals surface area contributed by atoms with Crippen LogP contribution in [-0.4, -0.2) is 42.5 Å². The zero-order chi connectivity index (χ0) is 20.2. The number of nitrogens with zero attached hydrogens (tertiary/aromatic N) is 1. The van der Waals surface area contributed by atoms with E-state index in [1.807, 2.05) is 42.2 Å². The number of ether oxygens (including phenoxy) is 1. The number of benzene rings is 2. The number of amides is 2. The average Bonchev–Trinajstić information content (AvgIpc) is 3.58. The van der Waals surface area contributed by atoms with E-state index in [2.05, 4.69) is 17.4 Å². The number of hydrogen-bond donors (Lipinski definition) is 1. The van der Waals surface area contributed by atoms with E-state index < -0.39 is 0 Å². The molecule has 5 heteroatoms. The van der Waals surface area contributed by atoms with Gasteiger partial charge in [-0.3, -0.25) is 9.59 Å². The first-order valence-electron chi connectivity index (χ1n) is 10.5. The fourth-order valence-electron chi connectivity index (χ4n) is 4.09. The molecular formula is C24H28N2O3. The summed E-state index contributed by atoms with van der Waals surface area (Å²) in [5.41, 5.74) is 2.50. The van der Waals surface area contributed by atoms with Crippen molar-refractivity contribution in [3.63, 3.8) is 0 Å². The molecular weight excluding hydrogens is 364 g/mol. The molecule has 2 aliphatic rings. The first-order chi connectivity index (χ1) is 14.1. The van der Waals surface area contributed by atoms with Crippen LogP contribution in [0, 0.1) is 5.92 Å². The van der Waals surface area contributed by atoms with Gasteiger partial charge in [0.2, 0.25) is 5.91 Å². The van der Waals surface area contributed by atoms with E-state index >= 15 is 0 Å². The fourth-order valence-corrected chi connectivity index (χ4v) is 4.09. The minimum Gasteiger partial charge on any atom is -0.377 e. The topological polar surface area (TPSA) is 58.6 Å². The number of carbonyl (C=O) groups is 2. The Balaban J connectivity index is 1.42. The predicted molar refractivity (Wildman–Crippen MR) is 113 cm³/mol. The van der Waals surface area contributed by atoms with Gasteiger partial charge < -0.3 is 15.0 Å². The highest BCUT2D eigenvalue weighted by atomic mass is 16.5. The number of hydrogen-bond acceptors (Lipinski definition) is 3. The summed E-state index contributed by atoms with van der Waals surface area (Å²) < 4.78 is 5.42. The molecule has 1 saturated carbocycles. The van der Waals surface area contributed by atoms with E-state index in [9.17, 15) is 9.59 Å². The third-order valence-electron chi connectivity index (χ3n) is 5.85. The molecule has 1 aliphatic carbocycles. The third kappa shape index (κ3) is 4.85. The molecule has 2 atom stereocenters.